The molecule has 4 rings (SSSR count). The zero-order valence-electron chi connectivity index (χ0n) is 14.4. The summed E-state index contributed by atoms with van der Waals surface area (Å²) in [6, 6.07) is 7.41. The minimum Gasteiger partial charge on any atom is -0.488 e. The van der Waals surface area contributed by atoms with Crippen LogP contribution in [0.5, 0.6) is 5.75 Å². The second kappa shape index (κ2) is 7.29. The third-order valence-electron chi connectivity index (χ3n) is 5.43. The summed E-state index contributed by atoms with van der Waals surface area (Å²) in [7, 11) is 0. The van der Waals surface area contributed by atoms with E-state index >= 15 is 0 Å². The van der Waals surface area contributed by atoms with Crippen LogP contribution in [0, 0.1) is 23.5 Å². The van der Waals surface area contributed by atoms with Crippen LogP contribution in [0.2, 0.25) is 0 Å². The number of hydrogen-bond acceptors (Lipinski definition) is 4. The van der Waals surface area contributed by atoms with Gasteiger partial charge in [0.05, 0.1) is 12.3 Å². The van der Waals surface area contributed by atoms with E-state index in [1.54, 1.807) is 18.3 Å². The van der Waals surface area contributed by atoms with E-state index in [2.05, 4.69) is 9.88 Å². The molecule has 2 heterocycles. The van der Waals surface area contributed by atoms with Crippen molar-refractivity contribution in [2.75, 3.05) is 13.1 Å². The Hall–Kier alpha value is -2.05. The molecule has 1 saturated heterocycles. The fraction of sp³-hybridized carbons (Fsp3) is 0.450. The average molecular weight is 360 g/mol. The van der Waals surface area contributed by atoms with Crippen LogP contribution in [0.15, 0.2) is 42.7 Å². The van der Waals surface area contributed by atoms with Gasteiger partial charge in [0.15, 0.2) is 0 Å². The van der Waals surface area contributed by atoms with Crippen molar-refractivity contribution in [1.29, 1.82) is 0 Å². The molecule has 1 aromatic carbocycles. The molecule has 0 unspecified atom stereocenters. The highest BCUT2D eigenvalue weighted by Crippen LogP contribution is 2.38. The third-order valence-corrected chi connectivity index (χ3v) is 5.43. The molecule has 2 aromatic rings. The molecule has 6 heteroatoms. The van der Waals surface area contributed by atoms with Crippen LogP contribution in [0.1, 0.15) is 18.4 Å². The molecule has 0 amide bonds. The summed E-state index contributed by atoms with van der Waals surface area (Å²) < 4.78 is 32.2. The number of benzene rings is 1. The number of fused-ring (bicyclic) bond motifs is 1. The molecule has 1 aliphatic heterocycles. The summed E-state index contributed by atoms with van der Waals surface area (Å²) in [5, 5.41) is 10.5. The molecule has 26 heavy (non-hydrogen) atoms. The van der Waals surface area contributed by atoms with Gasteiger partial charge in [-0.15, -0.1) is 0 Å². The van der Waals surface area contributed by atoms with E-state index in [4.69, 9.17) is 4.74 Å². The van der Waals surface area contributed by atoms with Crippen LogP contribution in [0.3, 0.4) is 0 Å². The average Bonchev–Trinajstić information content (AvgIpc) is 2.98. The minimum absolute atomic E-state index is 0.280. The molecule has 1 aliphatic carbocycles. The molecule has 2 fully saturated rings. The van der Waals surface area contributed by atoms with E-state index in [1.165, 1.54) is 24.4 Å². The lowest BCUT2D eigenvalue weighted by Crippen LogP contribution is -2.42. The maximum atomic E-state index is 13.3. The molecule has 0 bridgehead atoms. The van der Waals surface area contributed by atoms with E-state index in [0.29, 0.717) is 30.6 Å². The molecule has 138 valence electrons. The van der Waals surface area contributed by atoms with Crippen molar-refractivity contribution >= 4 is 0 Å². The molecular weight excluding hydrogens is 338 g/mol. The van der Waals surface area contributed by atoms with Gasteiger partial charge in [-0.3, -0.25) is 9.88 Å². The van der Waals surface area contributed by atoms with Crippen LogP contribution in [-0.4, -0.2) is 40.3 Å². The van der Waals surface area contributed by atoms with Gasteiger partial charge < -0.3 is 9.84 Å². The monoisotopic (exact) mass is 360 g/mol. The Bertz CT molecular complexity index is 756. The first-order valence-electron chi connectivity index (χ1n) is 8.99. The maximum absolute atomic E-state index is 13.3. The first-order valence-corrected chi connectivity index (χ1v) is 8.99. The SMILES string of the molecule is O[C@@H]1C[C@H]2CN(Cc3cncc(F)c3)C[C@H]2C[C@H]1Oc1ccc(F)cc1. The standard InChI is InChI=1S/C20H22F2N2O2/c21-16-1-3-18(4-2-16)26-20-7-15-12-24(11-14(15)6-19(20)25)10-13-5-17(22)9-23-8-13/h1-5,8-9,14-15,19-20,25H,6-7,10-12H2/t14-,15+,19+,20+/m0/s1. The lowest BCUT2D eigenvalue weighted by molar-refractivity contribution is -0.0231. The Kier molecular flexibility index (Phi) is 4.87. The zero-order valence-corrected chi connectivity index (χ0v) is 14.4. The van der Waals surface area contributed by atoms with Crippen LogP contribution in [-0.2, 0) is 6.54 Å². The predicted molar refractivity (Wildman–Crippen MR) is 92.5 cm³/mol. The zero-order chi connectivity index (χ0) is 18.1. The number of aliphatic hydroxyl groups excluding tert-OH is 1. The lowest BCUT2D eigenvalue weighted by Gasteiger charge is -2.35. The van der Waals surface area contributed by atoms with Crippen molar-refractivity contribution in [3.63, 3.8) is 0 Å². The summed E-state index contributed by atoms with van der Waals surface area (Å²) in [5.74, 6) is 0.807. The summed E-state index contributed by atoms with van der Waals surface area (Å²) in [6.07, 6.45) is 3.55. The Morgan fingerprint density at radius 3 is 2.50 bits per heavy atom. The van der Waals surface area contributed by atoms with Gasteiger partial charge in [-0.05, 0) is 60.6 Å². The van der Waals surface area contributed by atoms with Crippen LogP contribution in [0.25, 0.3) is 0 Å². The largest absolute Gasteiger partial charge is 0.488 e. The highest BCUT2D eigenvalue weighted by molar-refractivity contribution is 5.22. The summed E-state index contributed by atoms with van der Waals surface area (Å²) in [6.45, 7) is 2.45. The maximum Gasteiger partial charge on any atom is 0.141 e. The van der Waals surface area contributed by atoms with Crippen molar-refractivity contribution in [3.8, 4) is 5.75 Å². The normalized spacial score (nSPS) is 28.7. The van der Waals surface area contributed by atoms with Crippen molar-refractivity contribution in [2.24, 2.45) is 11.8 Å². The van der Waals surface area contributed by atoms with Crippen LogP contribution in [0.4, 0.5) is 8.78 Å². The van der Waals surface area contributed by atoms with Gasteiger partial charge in [-0.1, -0.05) is 0 Å². The number of ether oxygens (including phenoxy) is 1. The van der Waals surface area contributed by atoms with E-state index in [-0.39, 0.29) is 17.7 Å². The van der Waals surface area contributed by atoms with E-state index in [1.807, 2.05) is 0 Å². The van der Waals surface area contributed by atoms with Gasteiger partial charge in [0.2, 0.25) is 0 Å². The van der Waals surface area contributed by atoms with Gasteiger partial charge in [-0.25, -0.2) is 8.78 Å². The Balaban J connectivity index is 1.37. The fourth-order valence-electron chi connectivity index (χ4n) is 4.23. The van der Waals surface area contributed by atoms with Crippen LogP contribution < -0.4 is 4.74 Å². The first-order chi connectivity index (χ1) is 12.6. The minimum atomic E-state index is -0.530. The third kappa shape index (κ3) is 3.86. The first kappa shape index (κ1) is 17.4. The highest BCUT2D eigenvalue weighted by atomic mass is 19.1. The quantitative estimate of drug-likeness (QED) is 0.911. The van der Waals surface area contributed by atoms with E-state index in [0.717, 1.165) is 25.1 Å². The Morgan fingerprint density at radius 2 is 1.77 bits per heavy atom. The van der Waals surface area contributed by atoms with Crippen molar-refractivity contribution in [3.05, 3.63) is 59.9 Å². The fourth-order valence-corrected chi connectivity index (χ4v) is 4.23. The molecule has 0 radical (unpaired) electrons. The number of nitrogens with zero attached hydrogens (tertiary/aromatic N) is 2. The second-order valence-electron chi connectivity index (χ2n) is 7.37. The summed E-state index contributed by atoms with van der Waals surface area (Å²) in [4.78, 5) is 6.20. The highest BCUT2D eigenvalue weighted by Gasteiger charge is 2.42. The molecule has 1 aromatic heterocycles. The number of pyridine rings is 1. The van der Waals surface area contributed by atoms with E-state index < -0.39 is 6.10 Å². The van der Waals surface area contributed by atoms with E-state index in [9.17, 15) is 13.9 Å². The topological polar surface area (TPSA) is 45.6 Å². The molecule has 4 nitrogen and oxygen atoms in total. The molecule has 1 saturated carbocycles. The van der Waals surface area contributed by atoms with Gasteiger partial charge in [0.1, 0.15) is 23.5 Å². The summed E-state index contributed by atoms with van der Waals surface area (Å²) >= 11 is 0. The number of hydrogen-bond donors (Lipinski definition) is 1. The summed E-state index contributed by atoms with van der Waals surface area (Å²) in [5.41, 5.74) is 0.864. The van der Waals surface area contributed by atoms with Crippen molar-refractivity contribution in [1.82, 2.24) is 9.88 Å². The van der Waals surface area contributed by atoms with Gasteiger partial charge in [0.25, 0.3) is 0 Å². The van der Waals surface area contributed by atoms with Crippen LogP contribution >= 0.6 is 0 Å². The Morgan fingerprint density at radius 1 is 1.04 bits per heavy atom. The number of rotatable bonds is 4. The smallest absolute Gasteiger partial charge is 0.141 e. The Labute approximate surface area is 151 Å². The molecular formula is C20H22F2N2O2. The molecule has 0 spiro atoms. The van der Waals surface area contributed by atoms with Gasteiger partial charge in [0, 0.05) is 25.8 Å². The number of aromatic nitrogens is 1. The predicted octanol–water partition coefficient (Wildman–Crippen LogP) is 3.01. The van der Waals surface area contributed by atoms with Crippen molar-refractivity contribution in [2.45, 2.75) is 31.6 Å². The number of halogens is 2. The van der Waals surface area contributed by atoms with Gasteiger partial charge in [-0.2, -0.15) is 0 Å². The van der Waals surface area contributed by atoms with Gasteiger partial charge >= 0.3 is 0 Å². The molecule has 2 aliphatic rings. The van der Waals surface area contributed by atoms with Crippen molar-refractivity contribution < 1.29 is 18.6 Å². The number of likely N-dealkylation sites (tertiary alicyclic amines) is 1. The molecule has 1 N–H and O–H groups in total. The lowest BCUT2D eigenvalue weighted by atomic mass is 9.78. The number of aliphatic hydroxyl groups is 1. The second-order valence-corrected chi connectivity index (χ2v) is 7.37. The molecule has 4 atom stereocenters.